The van der Waals surface area contributed by atoms with Crippen molar-refractivity contribution in [3.05, 3.63) is 64.6 Å². The predicted molar refractivity (Wildman–Crippen MR) is 104 cm³/mol. The molecule has 2 aromatic rings. The van der Waals surface area contributed by atoms with Gasteiger partial charge in [-0.3, -0.25) is 0 Å². The molecule has 3 rings (SSSR count). The lowest BCUT2D eigenvalue weighted by molar-refractivity contribution is 0.226. The molecule has 0 spiro atoms. The van der Waals surface area contributed by atoms with E-state index in [2.05, 4.69) is 75.4 Å². The molecule has 0 amide bonds. The average molecular weight is 390 g/mol. The van der Waals surface area contributed by atoms with Crippen molar-refractivity contribution in [3.63, 3.8) is 0 Å². The fraction of sp³-hybridized carbons (Fsp3) is 0.400. The molecule has 3 heteroatoms. The standard InChI is InChI=1S/C20H24BrNS/c21-18-9-7-8-17(16-18)20(23-19-10-3-1-4-11-19)12-15-22-13-5-2-6-14-22/h1,3-4,7-11,16,20H,2,5-6,12-15H2. The second-order valence-corrected chi connectivity index (χ2v) is 8.36. The van der Waals surface area contributed by atoms with E-state index in [9.17, 15) is 0 Å². The summed E-state index contributed by atoms with van der Waals surface area (Å²) in [6, 6.07) is 19.6. The Labute approximate surface area is 152 Å². The van der Waals surface area contributed by atoms with Crippen LogP contribution in [-0.4, -0.2) is 24.5 Å². The Hall–Kier alpha value is -0.770. The lowest BCUT2D eigenvalue weighted by Crippen LogP contribution is -2.31. The molecule has 1 aliphatic rings. The van der Waals surface area contributed by atoms with Crippen LogP contribution >= 0.6 is 27.7 Å². The van der Waals surface area contributed by atoms with Crippen molar-refractivity contribution in [3.8, 4) is 0 Å². The number of thioether (sulfide) groups is 1. The summed E-state index contributed by atoms with van der Waals surface area (Å²) in [7, 11) is 0. The topological polar surface area (TPSA) is 3.24 Å². The van der Waals surface area contributed by atoms with Crippen LogP contribution in [0.3, 0.4) is 0 Å². The predicted octanol–water partition coefficient (Wildman–Crippen LogP) is 6.16. The van der Waals surface area contributed by atoms with Crippen LogP contribution in [-0.2, 0) is 0 Å². The number of piperidine rings is 1. The minimum atomic E-state index is 0.511. The highest BCUT2D eigenvalue weighted by molar-refractivity contribution is 9.10. The first kappa shape index (κ1) is 17.1. The molecule has 0 saturated carbocycles. The number of likely N-dealkylation sites (tertiary alicyclic amines) is 1. The summed E-state index contributed by atoms with van der Waals surface area (Å²) in [4.78, 5) is 4.00. The van der Waals surface area contributed by atoms with Gasteiger partial charge in [-0.15, -0.1) is 11.8 Å². The van der Waals surface area contributed by atoms with Gasteiger partial charge in [0.25, 0.3) is 0 Å². The van der Waals surface area contributed by atoms with Crippen molar-refractivity contribution >= 4 is 27.7 Å². The molecule has 1 unspecified atom stereocenters. The van der Waals surface area contributed by atoms with Crippen molar-refractivity contribution in [1.29, 1.82) is 0 Å². The Morgan fingerprint density at radius 3 is 2.48 bits per heavy atom. The first-order valence-electron chi connectivity index (χ1n) is 8.51. The van der Waals surface area contributed by atoms with Crippen LogP contribution in [0.15, 0.2) is 64.0 Å². The molecule has 0 radical (unpaired) electrons. The highest BCUT2D eigenvalue weighted by atomic mass is 79.9. The van der Waals surface area contributed by atoms with Crippen molar-refractivity contribution in [1.82, 2.24) is 4.90 Å². The molecule has 1 aliphatic heterocycles. The first-order chi connectivity index (χ1) is 11.3. The molecule has 1 heterocycles. The van der Waals surface area contributed by atoms with Gasteiger partial charge in [-0.2, -0.15) is 0 Å². The van der Waals surface area contributed by atoms with Crippen LogP contribution < -0.4 is 0 Å². The SMILES string of the molecule is Brc1cccc(C(CCN2CCCCC2)Sc2ccccc2)c1. The van der Waals surface area contributed by atoms with Gasteiger partial charge >= 0.3 is 0 Å². The molecule has 1 atom stereocenters. The lowest BCUT2D eigenvalue weighted by atomic mass is 10.1. The number of nitrogens with zero attached hydrogens (tertiary/aromatic N) is 1. The molecule has 0 aromatic heterocycles. The molecule has 122 valence electrons. The van der Waals surface area contributed by atoms with Gasteiger partial charge in [0.2, 0.25) is 0 Å². The largest absolute Gasteiger partial charge is 0.303 e. The molecular weight excluding hydrogens is 366 g/mol. The number of halogens is 1. The van der Waals surface area contributed by atoms with Gasteiger partial charge in [0.15, 0.2) is 0 Å². The summed E-state index contributed by atoms with van der Waals surface area (Å²) in [5.41, 5.74) is 1.42. The minimum Gasteiger partial charge on any atom is -0.303 e. The summed E-state index contributed by atoms with van der Waals surface area (Å²) in [5, 5.41) is 0.511. The number of rotatable bonds is 6. The maximum atomic E-state index is 3.62. The van der Waals surface area contributed by atoms with Gasteiger partial charge in [0.1, 0.15) is 0 Å². The fourth-order valence-electron chi connectivity index (χ4n) is 3.15. The summed E-state index contributed by atoms with van der Waals surface area (Å²) in [6.07, 6.45) is 5.35. The third-order valence-electron chi connectivity index (χ3n) is 4.40. The summed E-state index contributed by atoms with van der Waals surface area (Å²) in [5.74, 6) is 0. The number of hydrogen-bond acceptors (Lipinski definition) is 2. The van der Waals surface area contributed by atoms with E-state index >= 15 is 0 Å². The van der Waals surface area contributed by atoms with Crippen LogP contribution in [0.2, 0.25) is 0 Å². The summed E-state index contributed by atoms with van der Waals surface area (Å²) < 4.78 is 1.17. The zero-order valence-electron chi connectivity index (χ0n) is 13.5. The molecule has 1 nitrogen and oxygen atoms in total. The van der Waals surface area contributed by atoms with Gasteiger partial charge in [-0.25, -0.2) is 0 Å². The van der Waals surface area contributed by atoms with E-state index in [0.29, 0.717) is 5.25 Å². The Morgan fingerprint density at radius 1 is 0.957 bits per heavy atom. The van der Waals surface area contributed by atoms with Crippen LogP contribution in [0.25, 0.3) is 0 Å². The lowest BCUT2D eigenvalue weighted by Gasteiger charge is -2.28. The number of hydrogen-bond donors (Lipinski definition) is 0. The van der Waals surface area contributed by atoms with E-state index < -0.39 is 0 Å². The summed E-state index contributed by atoms with van der Waals surface area (Å²) >= 11 is 5.62. The smallest absolute Gasteiger partial charge is 0.0357 e. The molecule has 1 fully saturated rings. The van der Waals surface area contributed by atoms with E-state index in [-0.39, 0.29) is 0 Å². The van der Waals surface area contributed by atoms with Crippen molar-refractivity contribution in [2.24, 2.45) is 0 Å². The third kappa shape index (κ3) is 5.37. The second kappa shape index (κ2) is 8.91. The fourth-order valence-corrected chi connectivity index (χ4v) is 4.71. The van der Waals surface area contributed by atoms with E-state index in [4.69, 9.17) is 0 Å². The van der Waals surface area contributed by atoms with Crippen LogP contribution in [0.1, 0.15) is 36.5 Å². The van der Waals surface area contributed by atoms with E-state index in [1.165, 1.54) is 60.2 Å². The minimum absolute atomic E-state index is 0.511. The van der Waals surface area contributed by atoms with Gasteiger partial charge in [0, 0.05) is 14.6 Å². The number of benzene rings is 2. The highest BCUT2D eigenvalue weighted by Crippen LogP contribution is 2.38. The molecule has 1 saturated heterocycles. The van der Waals surface area contributed by atoms with Crippen molar-refractivity contribution in [2.75, 3.05) is 19.6 Å². The van der Waals surface area contributed by atoms with Gasteiger partial charge in [0.05, 0.1) is 0 Å². The van der Waals surface area contributed by atoms with Crippen molar-refractivity contribution in [2.45, 2.75) is 35.8 Å². The molecule has 2 aromatic carbocycles. The Kier molecular flexibility index (Phi) is 6.61. The van der Waals surface area contributed by atoms with Gasteiger partial charge in [-0.1, -0.05) is 52.7 Å². The first-order valence-corrected chi connectivity index (χ1v) is 10.2. The van der Waals surface area contributed by atoms with Crippen LogP contribution in [0.4, 0.5) is 0 Å². The Balaban J connectivity index is 1.70. The maximum Gasteiger partial charge on any atom is 0.0357 e. The van der Waals surface area contributed by atoms with E-state index in [0.717, 1.165) is 0 Å². The normalized spacial score (nSPS) is 17.1. The van der Waals surface area contributed by atoms with E-state index in [1.54, 1.807) is 0 Å². The Bertz CT molecular complexity index is 596. The maximum absolute atomic E-state index is 3.62. The zero-order chi connectivity index (χ0) is 15.9. The molecule has 0 aliphatic carbocycles. The average Bonchev–Trinajstić information content (AvgIpc) is 2.60. The quantitative estimate of drug-likeness (QED) is 0.544. The molecule has 23 heavy (non-hydrogen) atoms. The second-order valence-electron chi connectivity index (χ2n) is 6.17. The van der Waals surface area contributed by atoms with Gasteiger partial charge in [-0.05, 0) is 68.7 Å². The summed E-state index contributed by atoms with van der Waals surface area (Å²) in [6.45, 7) is 3.76. The highest BCUT2D eigenvalue weighted by Gasteiger charge is 2.17. The molecule has 0 N–H and O–H groups in total. The zero-order valence-corrected chi connectivity index (χ0v) is 15.9. The van der Waals surface area contributed by atoms with Crippen LogP contribution in [0.5, 0.6) is 0 Å². The molecular formula is C20H24BrNS. The van der Waals surface area contributed by atoms with Crippen LogP contribution in [0, 0.1) is 0 Å². The molecule has 0 bridgehead atoms. The van der Waals surface area contributed by atoms with Crippen molar-refractivity contribution < 1.29 is 0 Å². The van der Waals surface area contributed by atoms with Gasteiger partial charge < -0.3 is 4.90 Å². The van der Waals surface area contributed by atoms with E-state index in [1.807, 2.05) is 11.8 Å². The Morgan fingerprint density at radius 2 is 1.74 bits per heavy atom. The third-order valence-corrected chi connectivity index (χ3v) is 6.23. The monoisotopic (exact) mass is 389 g/mol.